The molecule has 5 heteroatoms. The topological polar surface area (TPSA) is 60.5 Å². The van der Waals surface area contributed by atoms with Crippen LogP contribution in [0.4, 0.5) is 0 Å². The summed E-state index contributed by atoms with van der Waals surface area (Å²) in [7, 11) is 1.36. The average Bonchev–Trinajstić information content (AvgIpc) is 2.46. The van der Waals surface area contributed by atoms with E-state index >= 15 is 0 Å². The van der Waals surface area contributed by atoms with E-state index in [0.29, 0.717) is 12.1 Å². The molecule has 1 aromatic heterocycles. The van der Waals surface area contributed by atoms with E-state index in [1.807, 2.05) is 6.07 Å². The van der Waals surface area contributed by atoms with Gasteiger partial charge in [-0.05, 0) is 31.9 Å². The number of esters is 1. The zero-order chi connectivity index (χ0) is 13.7. The van der Waals surface area contributed by atoms with Crippen LogP contribution >= 0.6 is 0 Å². The van der Waals surface area contributed by atoms with E-state index in [-0.39, 0.29) is 11.5 Å². The van der Waals surface area contributed by atoms with Crippen LogP contribution in [0, 0.1) is 0 Å². The minimum atomic E-state index is -0.358. The molecule has 1 N–H and O–H groups in total. The minimum absolute atomic E-state index is 0.112. The molecule has 0 radical (unpaired) electrons. The molecule has 1 fully saturated rings. The van der Waals surface area contributed by atoms with Crippen molar-refractivity contribution in [2.24, 2.45) is 0 Å². The zero-order valence-electron chi connectivity index (χ0n) is 11.4. The summed E-state index contributed by atoms with van der Waals surface area (Å²) in [5.74, 6) is -0.358. The fraction of sp³-hybridized carbons (Fsp3) is 0.571. The van der Waals surface area contributed by atoms with Crippen molar-refractivity contribution >= 4 is 5.97 Å². The first-order valence-electron chi connectivity index (χ1n) is 6.49. The van der Waals surface area contributed by atoms with Crippen LogP contribution < -0.4 is 5.32 Å². The summed E-state index contributed by atoms with van der Waals surface area (Å²) < 4.78 is 10.0. The van der Waals surface area contributed by atoms with Crippen LogP contribution in [0.25, 0.3) is 0 Å². The van der Waals surface area contributed by atoms with Crippen LogP contribution in [-0.2, 0) is 16.0 Å². The van der Waals surface area contributed by atoms with Gasteiger partial charge < -0.3 is 14.8 Å². The SMILES string of the molecule is COC(=O)c1ccc(CNC2(C)CCOCC2)nc1. The van der Waals surface area contributed by atoms with Gasteiger partial charge in [0, 0.05) is 31.5 Å². The van der Waals surface area contributed by atoms with E-state index in [1.54, 1.807) is 12.3 Å². The van der Waals surface area contributed by atoms with E-state index in [9.17, 15) is 4.79 Å². The van der Waals surface area contributed by atoms with E-state index in [0.717, 1.165) is 31.7 Å². The quantitative estimate of drug-likeness (QED) is 0.836. The summed E-state index contributed by atoms with van der Waals surface area (Å²) >= 11 is 0. The highest BCUT2D eigenvalue weighted by molar-refractivity contribution is 5.88. The lowest BCUT2D eigenvalue weighted by atomic mass is 9.92. The molecule has 2 heterocycles. The van der Waals surface area contributed by atoms with Gasteiger partial charge in [0.05, 0.1) is 18.4 Å². The molecule has 1 aliphatic rings. The van der Waals surface area contributed by atoms with Gasteiger partial charge in [0.25, 0.3) is 0 Å². The van der Waals surface area contributed by atoms with Crippen molar-refractivity contribution in [3.8, 4) is 0 Å². The molecule has 0 saturated carbocycles. The molecule has 0 atom stereocenters. The molecule has 0 amide bonds. The Morgan fingerprint density at radius 2 is 2.21 bits per heavy atom. The monoisotopic (exact) mass is 264 g/mol. The highest BCUT2D eigenvalue weighted by atomic mass is 16.5. The minimum Gasteiger partial charge on any atom is -0.465 e. The van der Waals surface area contributed by atoms with Crippen LogP contribution in [0.15, 0.2) is 18.3 Å². The number of hydrogen-bond acceptors (Lipinski definition) is 5. The Bertz CT molecular complexity index is 425. The van der Waals surface area contributed by atoms with Crippen molar-refractivity contribution in [2.75, 3.05) is 20.3 Å². The van der Waals surface area contributed by atoms with Crippen LogP contribution in [0.5, 0.6) is 0 Å². The lowest BCUT2D eigenvalue weighted by Crippen LogP contribution is -2.46. The van der Waals surface area contributed by atoms with Crippen molar-refractivity contribution in [1.82, 2.24) is 10.3 Å². The molecule has 104 valence electrons. The number of carbonyl (C=O) groups excluding carboxylic acids is 1. The predicted octanol–water partition coefficient (Wildman–Crippen LogP) is 1.53. The normalized spacial score (nSPS) is 18.0. The van der Waals surface area contributed by atoms with Crippen LogP contribution in [0.3, 0.4) is 0 Å². The van der Waals surface area contributed by atoms with Gasteiger partial charge in [0.2, 0.25) is 0 Å². The predicted molar refractivity (Wildman–Crippen MR) is 70.9 cm³/mol. The summed E-state index contributed by atoms with van der Waals surface area (Å²) in [5, 5.41) is 3.52. The van der Waals surface area contributed by atoms with Gasteiger partial charge >= 0.3 is 5.97 Å². The molecular weight excluding hydrogens is 244 g/mol. The lowest BCUT2D eigenvalue weighted by Gasteiger charge is -2.34. The van der Waals surface area contributed by atoms with E-state index in [1.165, 1.54) is 7.11 Å². The third-order valence-electron chi connectivity index (χ3n) is 3.54. The van der Waals surface area contributed by atoms with Gasteiger partial charge in [-0.3, -0.25) is 4.98 Å². The fourth-order valence-electron chi connectivity index (χ4n) is 2.07. The van der Waals surface area contributed by atoms with Crippen molar-refractivity contribution < 1.29 is 14.3 Å². The first-order valence-corrected chi connectivity index (χ1v) is 6.49. The van der Waals surface area contributed by atoms with Gasteiger partial charge in [-0.15, -0.1) is 0 Å². The molecule has 19 heavy (non-hydrogen) atoms. The average molecular weight is 264 g/mol. The number of methoxy groups -OCH3 is 1. The molecule has 1 aliphatic heterocycles. The van der Waals surface area contributed by atoms with Crippen LogP contribution in [-0.4, -0.2) is 36.8 Å². The Balaban J connectivity index is 1.91. The lowest BCUT2D eigenvalue weighted by molar-refractivity contribution is 0.0444. The second-order valence-corrected chi connectivity index (χ2v) is 5.06. The third-order valence-corrected chi connectivity index (χ3v) is 3.54. The number of aromatic nitrogens is 1. The summed E-state index contributed by atoms with van der Waals surface area (Å²) in [6.45, 7) is 4.51. The third kappa shape index (κ3) is 3.75. The van der Waals surface area contributed by atoms with Crippen LogP contribution in [0.1, 0.15) is 35.8 Å². The molecule has 0 aromatic carbocycles. The fourth-order valence-corrected chi connectivity index (χ4v) is 2.07. The first-order chi connectivity index (χ1) is 9.13. The zero-order valence-corrected chi connectivity index (χ0v) is 11.4. The highest BCUT2D eigenvalue weighted by Gasteiger charge is 2.26. The summed E-state index contributed by atoms with van der Waals surface area (Å²) in [4.78, 5) is 15.6. The molecule has 0 bridgehead atoms. The van der Waals surface area contributed by atoms with E-state index in [2.05, 4.69) is 22.0 Å². The van der Waals surface area contributed by atoms with E-state index < -0.39 is 0 Å². The number of hydrogen-bond donors (Lipinski definition) is 1. The Hall–Kier alpha value is -1.46. The second-order valence-electron chi connectivity index (χ2n) is 5.06. The van der Waals surface area contributed by atoms with Gasteiger partial charge in [-0.1, -0.05) is 0 Å². The van der Waals surface area contributed by atoms with Crippen molar-refractivity contribution in [1.29, 1.82) is 0 Å². The maximum atomic E-state index is 11.3. The molecule has 1 saturated heterocycles. The first kappa shape index (κ1) is 14.0. The number of carbonyl (C=O) groups is 1. The van der Waals surface area contributed by atoms with E-state index in [4.69, 9.17) is 4.74 Å². The Morgan fingerprint density at radius 3 is 2.79 bits per heavy atom. The second kappa shape index (κ2) is 6.12. The maximum Gasteiger partial charge on any atom is 0.339 e. The summed E-state index contributed by atoms with van der Waals surface area (Å²) in [6, 6.07) is 3.59. The van der Waals surface area contributed by atoms with Gasteiger partial charge in [0.15, 0.2) is 0 Å². The molecule has 0 spiro atoms. The maximum absolute atomic E-state index is 11.3. The Morgan fingerprint density at radius 1 is 1.47 bits per heavy atom. The molecule has 5 nitrogen and oxygen atoms in total. The van der Waals surface area contributed by atoms with Gasteiger partial charge in [-0.2, -0.15) is 0 Å². The standard InChI is InChI=1S/C14H20N2O3/c1-14(5-7-19-8-6-14)16-10-12-4-3-11(9-15-12)13(17)18-2/h3-4,9,16H,5-8,10H2,1-2H3. The smallest absolute Gasteiger partial charge is 0.339 e. The molecule has 0 unspecified atom stereocenters. The van der Waals surface area contributed by atoms with Gasteiger partial charge in [-0.25, -0.2) is 4.79 Å². The molecular formula is C14H20N2O3. The number of nitrogens with one attached hydrogen (secondary N) is 1. The van der Waals surface area contributed by atoms with Crippen molar-refractivity contribution in [3.63, 3.8) is 0 Å². The Kier molecular flexibility index (Phi) is 4.50. The van der Waals surface area contributed by atoms with Crippen molar-refractivity contribution in [3.05, 3.63) is 29.6 Å². The summed E-state index contributed by atoms with van der Waals surface area (Å²) in [6.07, 6.45) is 3.57. The van der Waals surface area contributed by atoms with Crippen LogP contribution in [0.2, 0.25) is 0 Å². The highest BCUT2D eigenvalue weighted by Crippen LogP contribution is 2.20. The number of pyridine rings is 1. The number of rotatable bonds is 4. The summed E-state index contributed by atoms with van der Waals surface area (Å²) in [5.41, 5.74) is 1.50. The van der Waals surface area contributed by atoms with Gasteiger partial charge in [0.1, 0.15) is 0 Å². The molecule has 1 aromatic rings. The molecule has 2 rings (SSSR count). The Labute approximate surface area is 113 Å². The molecule has 0 aliphatic carbocycles. The van der Waals surface area contributed by atoms with Crippen molar-refractivity contribution in [2.45, 2.75) is 31.8 Å². The number of ether oxygens (including phenoxy) is 2. The number of nitrogens with zero attached hydrogens (tertiary/aromatic N) is 1. The largest absolute Gasteiger partial charge is 0.465 e.